The number of rotatable bonds is 16. The van der Waals surface area contributed by atoms with E-state index in [0.717, 1.165) is 12.8 Å². The molecule has 0 unspecified atom stereocenters. The van der Waals surface area contributed by atoms with Crippen molar-refractivity contribution in [3.8, 4) is 0 Å². The number of aliphatic hydroxyl groups excluding tert-OH is 4. The summed E-state index contributed by atoms with van der Waals surface area (Å²) in [4.78, 5) is 0. The zero-order valence-electron chi connectivity index (χ0n) is 17.1. The second kappa shape index (κ2) is 15.7. The summed E-state index contributed by atoms with van der Waals surface area (Å²) in [5.74, 6) is 0. The highest BCUT2D eigenvalue weighted by molar-refractivity contribution is 4.88. The van der Waals surface area contributed by atoms with Gasteiger partial charge in [-0.25, -0.2) is 0 Å². The van der Waals surface area contributed by atoms with Crippen molar-refractivity contribution in [1.82, 2.24) is 0 Å². The Morgan fingerprint density at radius 2 is 1.15 bits per heavy atom. The molecule has 0 spiro atoms. The van der Waals surface area contributed by atoms with Gasteiger partial charge in [-0.3, -0.25) is 0 Å². The SMILES string of the molecule is CCCCCCCCCCCCCCCO[C@H]1O[C@H](CO)[C@H](O)[C@H](O)[C@H]1O. The Kier molecular flexibility index (Phi) is 14.4. The van der Waals surface area contributed by atoms with Gasteiger partial charge in [-0.05, 0) is 6.42 Å². The van der Waals surface area contributed by atoms with Crippen molar-refractivity contribution in [2.75, 3.05) is 13.2 Å². The lowest BCUT2D eigenvalue weighted by Gasteiger charge is -2.39. The largest absolute Gasteiger partial charge is 0.394 e. The molecule has 6 heteroatoms. The van der Waals surface area contributed by atoms with Crippen LogP contribution < -0.4 is 0 Å². The van der Waals surface area contributed by atoms with Crippen LogP contribution in [0.4, 0.5) is 0 Å². The van der Waals surface area contributed by atoms with Crippen molar-refractivity contribution in [3.63, 3.8) is 0 Å². The van der Waals surface area contributed by atoms with Gasteiger partial charge >= 0.3 is 0 Å². The minimum Gasteiger partial charge on any atom is -0.394 e. The molecule has 0 aromatic heterocycles. The monoisotopic (exact) mass is 390 g/mol. The van der Waals surface area contributed by atoms with E-state index in [0.29, 0.717) is 6.61 Å². The highest BCUT2D eigenvalue weighted by Crippen LogP contribution is 2.22. The number of hydrogen-bond donors (Lipinski definition) is 4. The average molecular weight is 391 g/mol. The van der Waals surface area contributed by atoms with Crippen LogP contribution in [-0.2, 0) is 9.47 Å². The first kappa shape index (κ1) is 24.8. The Morgan fingerprint density at radius 3 is 1.63 bits per heavy atom. The quantitative estimate of drug-likeness (QED) is 0.303. The van der Waals surface area contributed by atoms with E-state index in [1.165, 1.54) is 70.6 Å². The van der Waals surface area contributed by atoms with E-state index in [1.54, 1.807) is 0 Å². The van der Waals surface area contributed by atoms with Crippen molar-refractivity contribution in [2.24, 2.45) is 0 Å². The molecular formula is C21H42O6. The fourth-order valence-electron chi connectivity index (χ4n) is 3.52. The molecule has 1 fully saturated rings. The van der Waals surface area contributed by atoms with E-state index in [1.807, 2.05) is 0 Å². The summed E-state index contributed by atoms with van der Waals surface area (Å²) in [6, 6.07) is 0. The van der Waals surface area contributed by atoms with Gasteiger partial charge in [0.15, 0.2) is 6.29 Å². The molecule has 6 nitrogen and oxygen atoms in total. The van der Waals surface area contributed by atoms with Crippen molar-refractivity contribution in [1.29, 1.82) is 0 Å². The van der Waals surface area contributed by atoms with Gasteiger partial charge in [0.2, 0.25) is 0 Å². The van der Waals surface area contributed by atoms with Gasteiger partial charge in [-0.1, -0.05) is 84.0 Å². The van der Waals surface area contributed by atoms with Crippen molar-refractivity contribution in [2.45, 2.75) is 121 Å². The van der Waals surface area contributed by atoms with Crippen LogP contribution in [0.3, 0.4) is 0 Å². The van der Waals surface area contributed by atoms with Gasteiger partial charge in [0.1, 0.15) is 24.4 Å². The third-order valence-electron chi connectivity index (χ3n) is 5.38. The van der Waals surface area contributed by atoms with E-state index < -0.39 is 37.3 Å². The maximum atomic E-state index is 9.88. The van der Waals surface area contributed by atoms with Gasteiger partial charge in [-0.2, -0.15) is 0 Å². The smallest absolute Gasteiger partial charge is 0.186 e. The topological polar surface area (TPSA) is 99.4 Å². The first-order chi connectivity index (χ1) is 13.1. The first-order valence-corrected chi connectivity index (χ1v) is 11.0. The molecule has 0 radical (unpaired) electrons. The molecule has 1 rings (SSSR count). The highest BCUT2D eigenvalue weighted by atomic mass is 16.7. The minimum atomic E-state index is -1.37. The lowest BCUT2D eigenvalue weighted by atomic mass is 9.99. The Bertz CT molecular complexity index is 339. The van der Waals surface area contributed by atoms with Gasteiger partial charge in [0, 0.05) is 6.61 Å². The van der Waals surface area contributed by atoms with Crippen LogP contribution in [0.25, 0.3) is 0 Å². The molecule has 0 aromatic rings. The molecule has 0 saturated carbocycles. The maximum Gasteiger partial charge on any atom is 0.186 e. The van der Waals surface area contributed by atoms with Crippen molar-refractivity contribution in [3.05, 3.63) is 0 Å². The summed E-state index contributed by atoms with van der Waals surface area (Å²) in [5, 5.41) is 38.5. The molecule has 4 N–H and O–H groups in total. The van der Waals surface area contributed by atoms with E-state index in [9.17, 15) is 15.3 Å². The zero-order chi connectivity index (χ0) is 19.9. The molecule has 1 aliphatic heterocycles. The Hall–Kier alpha value is -0.240. The van der Waals surface area contributed by atoms with Gasteiger partial charge in [0.05, 0.1) is 6.61 Å². The minimum absolute atomic E-state index is 0.427. The van der Waals surface area contributed by atoms with Gasteiger partial charge in [-0.15, -0.1) is 0 Å². The number of unbranched alkanes of at least 4 members (excludes halogenated alkanes) is 12. The summed E-state index contributed by atoms with van der Waals surface area (Å²) < 4.78 is 10.8. The molecule has 0 bridgehead atoms. The predicted molar refractivity (Wildman–Crippen MR) is 105 cm³/mol. The zero-order valence-corrected chi connectivity index (χ0v) is 17.1. The van der Waals surface area contributed by atoms with Gasteiger partial charge in [0.25, 0.3) is 0 Å². The molecule has 0 aliphatic carbocycles. The van der Waals surface area contributed by atoms with Crippen LogP contribution in [0, 0.1) is 0 Å². The normalized spacial score (nSPS) is 28.6. The standard InChI is InChI=1S/C21H42O6/c1-2-3-4-5-6-7-8-9-10-11-12-13-14-15-26-21-20(25)19(24)18(23)17(16-22)27-21/h17-25H,2-16H2,1H3/t17-,18+,19+,20-,21+/m1/s1. The predicted octanol–water partition coefficient (Wildman–Crippen LogP) is 2.89. The molecular weight excluding hydrogens is 348 g/mol. The molecule has 162 valence electrons. The number of aliphatic hydroxyl groups is 4. The third-order valence-corrected chi connectivity index (χ3v) is 5.38. The van der Waals surface area contributed by atoms with E-state index in [-0.39, 0.29) is 0 Å². The number of ether oxygens (including phenoxy) is 2. The molecule has 1 heterocycles. The fourth-order valence-corrected chi connectivity index (χ4v) is 3.52. The van der Waals surface area contributed by atoms with Crippen LogP contribution in [0.5, 0.6) is 0 Å². The average Bonchev–Trinajstić information content (AvgIpc) is 2.68. The second-order valence-electron chi connectivity index (χ2n) is 7.81. The first-order valence-electron chi connectivity index (χ1n) is 11.0. The van der Waals surface area contributed by atoms with Crippen LogP contribution in [0.1, 0.15) is 90.4 Å². The summed E-state index contributed by atoms with van der Waals surface area (Å²) in [6.07, 6.45) is 10.6. The molecule has 0 amide bonds. The Labute approximate surface area is 164 Å². The van der Waals surface area contributed by atoms with Crippen LogP contribution in [0.15, 0.2) is 0 Å². The summed E-state index contributed by atoms with van der Waals surface area (Å²) in [7, 11) is 0. The van der Waals surface area contributed by atoms with E-state index in [4.69, 9.17) is 14.6 Å². The Balaban J connectivity index is 1.92. The highest BCUT2D eigenvalue weighted by Gasteiger charge is 2.43. The van der Waals surface area contributed by atoms with Crippen molar-refractivity contribution < 1.29 is 29.9 Å². The molecule has 5 atom stereocenters. The van der Waals surface area contributed by atoms with E-state index in [2.05, 4.69) is 6.92 Å². The third kappa shape index (κ3) is 10.2. The van der Waals surface area contributed by atoms with Crippen LogP contribution in [0.2, 0.25) is 0 Å². The van der Waals surface area contributed by atoms with Crippen LogP contribution >= 0.6 is 0 Å². The summed E-state index contributed by atoms with van der Waals surface area (Å²) in [5.41, 5.74) is 0. The molecule has 1 aliphatic rings. The van der Waals surface area contributed by atoms with Crippen molar-refractivity contribution >= 4 is 0 Å². The van der Waals surface area contributed by atoms with E-state index >= 15 is 0 Å². The summed E-state index contributed by atoms with van der Waals surface area (Å²) >= 11 is 0. The maximum absolute atomic E-state index is 9.88. The lowest BCUT2D eigenvalue weighted by Crippen LogP contribution is -2.59. The van der Waals surface area contributed by atoms with Gasteiger partial charge < -0.3 is 29.9 Å². The molecule has 1 saturated heterocycles. The lowest BCUT2D eigenvalue weighted by molar-refractivity contribution is -0.301. The Morgan fingerprint density at radius 1 is 0.667 bits per heavy atom. The summed E-state index contributed by atoms with van der Waals surface area (Å²) in [6.45, 7) is 2.26. The van der Waals surface area contributed by atoms with Crippen LogP contribution in [-0.4, -0.2) is 64.3 Å². The molecule has 0 aromatic carbocycles. The molecule has 27 heavy (non-hydrogen) atoms. The number of hydrogen-bond acceptors (Lipinski definition) is 6. The fraction of sp³-hybridized carbons (Fsp3) is 1.00. The second-order valence-corrected chi connectivity index (χ2v) is 7.81.